The summed E-state index contributed by atoms with van der Waals surface area (Å²) in [5.41, 5.74) is 0.636. The zero-order valence-corrected chi connectivity index (χ0v) is 14.8. The summed E-state index contributed by atoms with van der Waals surface area (Å²) >= 11 is 4.79. The van der Waals surface area contributed by atoms with Gasteiger partial charge >= 0.3 is 5.97 Å². The van der Waals surface area contributed by atoms with E-state index in [0.717, 1.165) is 9.79 Å². The molecule has 0 heterocycles. The summed E-state index contributed by atoms with van der Waals surface area (Å²) < 4.78 is 0. The molecule has 0 N–H and O–H groups in total. The molecule has 0 amide bonds. The lowest BCUT2D eigenvalue weighted by Gasteiger charge is -2.04. The Kier molecular flexibility index (Phi) is 6.55. The average molecular weight is 392 g/mol. The van der Waals surface area contributed by atoms with Gasteiger partial charge in [-0.15, -0.1) is 0 Å². The number of hydrogen-bond donors (Lipinski definition) is 0. The maximum Gasteiger partial charge on any atom is 0.331 e. The van der Waals surface area contributed by atoms with Crippen LogP contribution in [0.3, 0.4) is 0 Å². The Morgan fingerprint density at radius 3 is 2.22 bits per heavy atom. The van der Waals surface area contributed by atoms with Crippen LogP contribution in [0.25, 0.3) is 0 Å². The Hall–Kier alpha value is -1.92. The summed E-state index contributed by atoms with van der Waals surface area (Å²) in [6.45, 7) is 1.23. The van der Waals surface area contributed by atoms with E-state index in [2.05, 4.69) is 25.9 Å². The molecule has 0 spiro atoms. The predicted octanol–water partition coefficient (Wildman–Crippen LogP) is 4.33. The molecule has 4 nitrogen and oxygen atoms in total. The number of oxime groups is 1. The highest BCUT2D eigenvalue weighted by Crippen LogP contribution is 2.27. The van der Waals surface area contributed by atoms with Gasteiger partial charge in [-0.05, 0) is 36.4 Å². The van der Waals surface area contributed by atoms with Crippen molar-refractivity contribution in [3.63, 3.8) is 0 Å². The van der Waals surface area contributed by atoms with Crippen LogP contribution in [0, 0.1) is 0 Å². The average Bonchev–Trinajstić information content (AvgIpc) is 2.56. The standard InChI is InChI=1S/C17H14BrNO3S/c1-12(20)22-19-16(11-18)17(21)13-7-9-15(10-8-13)23-14-5-3-2-4-6-14/h2-10H,11H2,1H3. The van der Waals surface area contributed by atoms with Gasteiger partial charge in [0.1, 0.15) is 5.71 Å². The molecule has 0 bridgehead atoms. The van der Waals surface area contributed by atoms with Gasteiger partial charge in [-0.3, -0.25) is 4.79 Å². The second kappa shape index (κ2) is 8.64. The summed E-state index contributed by atoms with van der Waals surface area (Å²) in [6, 6.07) is 17.2. The highest BCUT2D eigenvalue weighted by atomic mass is 79.9. The summed E-state index contributed by atoms with van der Waals surface area (Å²) in [4.78, 5) is 29.8. The highest BCUT2D eigenvalue weighted by molar-refractivity contribution is 9.09. The maximum atomic E-state index is 12.3. The van der Waals surface area contributed by atoms with Gasteiger partial charge in [0.05, 0.1) is 5.33 Å². The van der Waals surface area contributed by atoms with Crippen LogP contribution in [0.4, 0.5) is 0 Å². The molecule has 118 valence electrons. The van der Waals surface area contributed by atoms with Gasteiger partial charge in [0.15, 0.2) is 0 Å². The molecule has 0 radical (unpaired) electrons. The van der Waals surface area contributed by atoms with Gasteiger partial charge in [-0.25, -0.2) is 4.79 Å². The minimum atomic E-state index is -0.564. The zero-order valence-electron chi connectivity index (χ0n) is 12.4. The van der Waals surface area contributed by atoms with Crippen molar-refractivity contribution in [3.8, 4) is 0 Å². The first-order valence-corrected chi connectivity index (χ1v) is 8.72. The number of benzene rings is 2. The van der Waals surface area contributed by atoms with Crippen LogP contribution in [-0.4, -0.2) is 22.8 Å². The van der Waals surface area contributed by atoms with Crippen molar-refractivity contribution in [1.29, 1.82) is 0 Å². The first-order valence-electron chi connectivity index (χ1n) is 6.78. The van der Waals surface area contributed by atoms with Crippen molar-refractivity contribution in [1.82, 2.24) is 0 Å². The van der Waals surface area contributed by atoms with Gasteiger partial charge in [-0.2, -0.15) is 0 Å². The molecule has 2 aromatic rings. The molecule has 2 rings (SSSR count). The monoisotopic (exact) mass is 391 g/mol. The van der Waals surface area contributed by atoms with E-state index in [1.54, 1.807) is 23.9 Å². The molecule has 0 aliphatic carbocycles. The van der Waals surface area contributed by atoms with Crippen LogP contribution in [0.5, 0.6) is 0 Å². The van der Waals surface area contributed by atoms with E-state index in [0.29, 0.717) is 5.56 Å². The van der Waals surface area contributed by atoms with Crippen molar-refractivity contribution in [3.05, 3.63) is 60.2 Å². The molecular weight excluding hydrogens is 378 g/mol. The van der Waals surface area contributed by atoms with Crippen molar-refractivity contribution in [2.75, 3.05) is 5.33 Å². The summed E-state index contributed by atoms with van der Waals surface area (Å²) in [6.07, 6.45) is 0. The highest BCUT2D eigenvalue weighted by Gasteiger charge is 2.14. The molecule has 0 saturated heterocycles. The number of nitrogens with zero attached hydrogens (tertiary/aromatic N) is 1. The van der Waals surface area contributed by atoms with Crippen molar-refractivity contribution >= 4 is 45.2 Å². The molecule has 0 aliphatic rings. The molecule has 2 aromatic carbocycles. The van der Waals surface area contributed by atoms with Gasteiger partial charge in [0.25, 0.3) is 0 Å². The van der Waals surface area contributed by atoms with E-state index in [1.807, 2.05) is 42.5 Å². The molecule has 0 fully saturated rings. The second-order valence-corrected chi connectivity index (χ2v) is 6.23. The van der Waals surface area contributed by atoms with Crippen LogP contribution < -0.4 is 0 Å². The third-order valence-corrected chi connectivity index (χ3v) is 4.32. The van der Waals surface area contributed by atoms with Crippen molar-refractivity contribution in [2.45, 2.75) is 16.7 Å². The van der Waals surface area contributed by atoms with Gasteiger partial charge in [0, 0.05) is 22.3 Å². The number of hydrogen-bond acceptors (Lipinski definition) is 5. The number of ketones is 1. The number of halogens is 1. The van der Waals surface area contributed by atoms with E-state index in [4.69, 9.17) is 0 Å². The van der Waals surface area contributed by atoms with E-state index < -0.39 is 5.97 Å². The summed E-state index contributed by atoms with van der Waals surface area (Å²) in [5, 5.41) is 3.78. The van der Waals surface area contributed by atoms with E-state index in [1.165, 1.54) is 6.92 Å². The Labute approximate surface area is 147 Å². The second-order valence-electron chi connectivity index (χ2n) is 4.52. The minimum absolute atomic E-state index is 0.142. The molecule has 23 heavy (non-hydrogen) atoms. The van der Waals surface area contributed by atoms with Crippen LogP contribution in [-0.2, 0) is 9.63 Å². The smallest absolute Gasteiger partial charge is 0.318 e. The van der Waals surface area contributed by atoms with Crippen LogP contribution >= 0.6 is 27.7 Å². The Morgan fingerprint density at radius 1 is 1.04 bits per heavy atom. The summed E-state index contributed by atoms with van der Waals surface area (Å²) in [5.74, 6) is -0.842. The van der Waals surface area contributed by atoms with Crippen molar-refractivity contribution < 1.29 is 14.4 Å². The fourth-order valence-corrected chi connectivity index (χ4v) is 2.91. The molecule has 0 aromatic heterocycles. The molecule has 0 atom stereocenters. The minimum Gasteiger partial charge on any atom is -0.318 e. The molecule has 0 unspecified atom stereocenters. The number of alkyl halides is 1. The van der Waals surface area contributed by atoms with Crippen molar-refractivity contribution in [2.24, 2.45) is 5.16 Å². The molecule has 6 heteroatoms. The van der Waals surface area contributed by atoms with E-state index >= 15 is 0 Å². The topological polar surface area (TPSA) is 55.7 Å². The number of rotatable bonds is 6. The quantitative estimate of drug-likeness (QED) is 0.241. The van der Waals surface area contributed by atoms with Crippen LogP contribution in [0.1, 0.15) is 17.3 Å². The number of Topliss-reactive ketones (excluding diaryl/α,β-unsaturated/α-hetero) is 1. The largest absolute Gasteiger partial charge is 0.331 e. The Balaban J connectivity index is 2.10. The lowest BCUT2D eigenvalue weighted by Crippen LogP contribution is -2.17. The summed E-state index contributed by atoms with van der Waals surface area (Å²) in [7, 11) is 0. The molecular formula is C17H14BrNO3S. The fraction of sp³-hybridized carbons (Fsp3) is 0.118. The van der Waals surface area contributed by atoms with Crippen LogP contribution in [0.2, 0.25) is 0 Å². The third-order valence-electron chi connectivity index (χ3n) is 2.77. The lowest BCUT2D eigenvalue weighted by molar-refractivity contribution is -0.140. The van der Waals surface area contributed by atoms with E-state index in [9.17, 15) is 9.59 Å². The Morgan fingerprint density at radius 2 is 1.65 bits per heavy atom. The first kappa shape index (κ1) is 17.4. The van der Waals surface area contributed by atoms with Gasteiger partial charge in [0.2, 0.25) is 5.78 Å². The molecule has 0 aliphatic heterocycles. The predicted molar refractivity (Wildman–Crippen MR) is 94.3 cm³/mol. The number of carbonyl (C=O) groups excluding carboxylic acids is 2. The van der Waals surface area contributed by atoms with E-state index in [-0.39, 0.29) is 16.8 Å². The molecule has 0 saturated carbocycles. The first-order chi connectivity index (χ1) is 11.1. The SMILES string of the molecule is CC(=O)ON=C(CBr)C(=O)c1ccc(Sc2ccccc2)cc1. The normalized spacial score (nSPS) is 11.1. The van der Waals surface area contributed by atoms with Gasteiger partial charge < -0.3 is 4.84 Å². The van der Waals surface area contributed by atoms with Gasteiger partial charge in [-0.1, -0.05) is 51.0 Å². The fourth-order valence-electron chi connectivity index (χ4n) is 1.71. The zero-order chi connectivity index (χ0) is 16.7. The number of carbonyl (C=O) groups is 2. The lowest BCUT2D eigenvalue weighted by atomic mass is 10.1. The maximum absolute atomic E-state index is 12.3. The third kappa shape index (κ3) is 5.33. The Bertz CT molecular complexity index is 714. The van der Waals surface area contributed by atoms with Crippen LogP contribution in [0.15, 0.2) is 69.5 Å².